The number of nitrogens with zero attached hydrogens (tertiary/aromatic N) is 1. The number of hydrogen-bond donors (Lipinski definition) is 1. The van der Waals surface area contributed by atoms with E-state index in [0.29, 0.717) is 33.9 Å². The molecule has 0 aliphatic carbocycles. The average molecular weight is 489 g/mol. The molecule has 2 rings (SSSR count). The third-order valence-corrected chi connectivity index (χ3v) is 6.22. The highest BCUT2D eigenvalue weighted by molar-refractivity contribution is 7.16. The van der Waals surface area contributed by atoms with Gasteiger partial charge < -0.3 is 14.8 Å². The molecule has 0 bridgehead atoms. The lowest BCUT2D eigenvalue weighted by molar-refractivity contribution is -0.112. The van der Waals surface area contributed by atoms with Crippen molar-refractivity contribution in [2.45, 2.75) is 47.0 Å². The van der Waals surface area contributed by atoms with E-state index in [1.165, 1.54) is 17.4 Å². The first-order valence-corrected chi connectivity index (χ1v) is 12.0. The van der Waals surface area contributed by atoms with Gasteiger partial charge in [-0.3, -0.25) is 4.79 Å². The van der Waals surface area contributed by atoms with Crippen LogP contribution >= 0.6 is 22.9 Å². The fourth-order valence-corrected chi connectivity index (χ4v) is 4.02. The molecule has 1 heterocycles. The molecule has 33 heavy (non-hydrogen) atoms. The SMILES string of the molecule is CCOC(=O)c1cc(C(C)C)sc1NC(=O)/C(C#N)=C/c1cc(Cl)ccc1OCCC(C)C. The Balaban J connectivity index is 2.34. The first-order valence-electron chi connectivity index (χ1n) is 10.8. The van der Waals surface area contributed by atoms with Crippen LogP contribution in [0.15, 0.2) is 29.8 Å². The van der Waals surface area contributed by atoms with Crippen molar-refractivity contribution < 1.29 is 19.1 Å². The van der Waals surface area contributed by atoms with E-state index in [2.05, 4.69) is 19.2 Å². The van der Waals surface area contributed by atoms with Gasteiger partial charge in [0.15, 0.2) is 0 Å². The molecule has 0 aliphatic rings. The lowest BCUT2D eigenvalue weighted by Gasteiger charge is -2.11. The molecular formula is C25H29ClN2O4S. The Bertz CT molecular complexity index is 1070. The highest BCUT2D eigenvalue weighted by atomic mass is 35.5. The van der Waals surface area contributed by atoms with Crippen LogP contribution in [0.3, 0.4) is 0 Å². The molecule has 1 aromatic heterocycles. The molecule has 0 aliphatic heterocycles. The van der Waals surface area contributed by atoms with Crippen molar-refractivity contribution in [2.24, 2.45) is 5.92 Å². The van der Waals surface area contributed by atoms with E-state index in [1.54, 1.807) is 31.2 Å². The van der Waals surface area contributed by atoms with Crippen molar-refractivity contribution in [1.29, 1.82) is 5.26 Å². The van der Waals surface area contributed by atoms with Crippen LogP contribution in [0.2, 0.25) is 5.02 Å². The molecule has 0 saturated carbocycles. The van der Waals surface area contributed by atoms with Crippen molar-refractivity contribution in [1.82, 2.24) is 0 Å². The topological polar surface area (TPSA) is 88.4 Å². The molecule has 6 nitrogen and oxygen atoms in total. The Morgan fingerprint density at radius 1 is 1.24 bits per heavy atom. The number of ether oxygens (including phenoxy) is 2. The maximum atomic E-state index is 12.9. The molecule has 1 aromatic carbocycles. The molecule has 1 N–H and O–H groups in total. The molecule has 0 radical (unpaired) electrons. The number of carbonyl (C=O) groups excluding carboxylic acids is 2. The fourth-order valence-electron chi connectivity index (χ4n) is 2.79. The smallest absolute Gasteiger partial charge is 0.341 e. The van der Waals surface area contributed by atoms with Crippen LogP contribution in [0.5, 0.6) is 5.75 Å². The Hall–Kier alpha value is -2.82. The number of benzene rings is 1. The maximum Gasteiger partial charge on any atom is 0.341 e. The first-order chi connectivity index (χ1) is 15.7. The largest absolute Gasteiger partial charge is 0.493 e. The Kier molecular flexibility index (Phi) is 9.95. The number of rotatable bonds is 10. The number of amides is 1. The molecule has 2 aromatic rings. The van der Waals surface area contributed by atoms with Crippen LogP contribution in [-0.2, 0) is 9.53 Å². The number of anilines is 1. The van der Waals surface area contributed by atoms with Gasteiger partial charge in [-0.15, -0.1) is 11.3 Å². The second kappa shape index (κ2) is 12.4. The summed E-state index contributed by atoms with van der Waals surface area (Å²) in [5.41, 5.74) is 0.662. The summed E-state index contributed by atoms with van der Waals surface area (Å²) < 4.78 is 11.0. The molecular weight excluding hydrogens is 460 g/mol. The maximum absolute atomic E-state index is 12.9. The van der Waals surface area contributed by atoms with Gasteiger partial charge in [0.1, 0.15) is 22.4 Å². The van der Waals surface area contributed by atoms with Gasteiger partial charge in [-0.25, -0.2) is 4.79 Å². The van der Waals surface area contributed by atoms with Crippen molar-refractivity contribution in [2.75, 3.05) is 18.5 Å². The van der Waals surface area contributed by atoms with Gasteiger partial charge in [0, 0.05) is 15.5 Å². The molecule has 0 spiro atoms. The average Bonchev–Trinajstić information content (AvgIpc) is 3.17. The van der Waals surface area contributed by atoms with Crippen molar-refractivity contribution in [3.63, 3.8) is 0 Å². The number of nitriles is 1. The molecule has 8 heteroatoms. The van der Waals surface area contributed by atoms with Gasteiger partial charge in [0.25, 0.3) is 5.91 Å². The Morgan fingerprint density at radius 3 is 2.58 bits per heavy atom. The second-order valence-corrected chi connectivity index (χ2v) is 9.62. The van der Waals surface area contributed by atoms with Crippen molar-refractivity contribution in [3.05, 3.63) is 50.9 Å². The second-order valence-electron chi connectivity index (χ2n) is 8.10. The highest BCUT2D eigenvalue weighted by Gasteiger charge is 2.22. The summed E-state index contributed by atoms with van der Waals surface area (Å²) in [4.78, 5) is 26.2. The van der Waals surface area contributed by atoms with Crippen molar-refractivity contribution in [3.8, 4) is 11.8 Å². The van der Waals surface area contributed by atoms with Crippen LogP contribution < -0.4 is 10.1 Å². The van der Waals surface area contributed by atoms with E-state index in [1.807, 2.05) is 19.9 Å². The molecule has 1 amide bonds. The predicted molar refractivity (Wildman–Crippen MR) is 133 cm³/mol. The number of carbonyl (C=O) groups is 2. The van der Waals surface area contributed by atoms with Crippen LogP contribution in [0, 0.1) is 17.2 Å². The van der Waals surface area contributed by atoms with E-state index in [-0.39, 0.29) is 23.7 Å². The third-order valence-electron chi connectivity index (χ3n) is 4.63. The first kappa shape index (κ1) is 26.4. The minimum absolute atomic E-state index is 0.139. The van der Waals surface area contributed by atoms with E-state index < -0.39 is 11.9 Å². The van der Waals surface area contributed by atoms with Crippen LogP contribution in [-0.4, -0.2) is 25.1 Å². The van der Waals surface area contributed by atoms with Gasteiger partial charge in [-0.2, -0.15) is 5.26 Å². The summed E-state index contributed by atoms with van der Waals surface area (Å²) in [6.07, 6.45) is 2.30. The van der Waals surface area contributed by atoms with Crippen LogP contribution in [0.1, 0.15) is 67.8 Å². The summed E-state index contributed by atoms with van der Waals surface area (Å²) in [5, 5.41) is 13.2. The van der Waals surface area contributed by atoms with E-state index in [9.17, 15) is 14.9 Å². The Morgan fingerprint density at radius 2 is 1.97 bits per heavy atom. The summed E-state index contributed by atoms with van der Waals surface area (Å²) >= 11 is 7.43. The standard InChI is InChI=1S/C25H29ClN2O4S/c1-6-31-25(30)20-13-22(16(4)5)33-24(20)28-23(29)18(14-27)11-17-12-19(26)7-8-21(17)32-10-9-15(2)3/h7-8,11-13,15-16H,6,9-10H2,1-5H3,(H,28,29)/b18-11+. The normalized spacial score (nSPS) is 11.4. The quantitative estimate of drug-likeness (QED) is 0.229. The van der Waals surface area contributed by atoms with Gasteiger partial charge in [-0.05, 0) is 55.5 Å². The third kappa shape index (κ3) is 7.62. The van der Waals surface area contributed by atoms with E-state index >= 15 is 0 Å². The van der Waals surface area contributed by atoms with Gasteiger partial charge in [0.2, 0.25) is 0 Å². The molecule has 176 valence electrons. The van der Waals surface area contributed by atoms with Crippen LogP contribution in [0.4, 0.5) is 5.00 Å². The highest BCUT2D eigenvalue weighted by Crippen LogP contribution is 2.34. The Labute approximate surface area is 204 Å². The zero-order valence-electron chi connectivity index (χ0n) is 19.5. The predicted octanol–water partition coefficient (Wildman–Crippen LogP) is 6.67. The monoisotopic (exact) mass is 488 g/mol. The summed E-state index contributed by atoms with van der Waals surface area (Å²) in [6.45, 7) is 10.6. The molecule has 0 atom stereocenters. The minimum atomic E-state index is -0.631. The lowest BCUT2D eigenvalue weighted by Crippen LogP contribution is -2.15. The summed E-state index contributed by atoms with van der Waals surface area (Å²) in [7, 11) is 0. The number of halogens is 1. The van der Waals surface area contributed by atoms with Gasteiger partial charge in [-0.1, -0.05) is 39.3 Å². The van der Waals surface area contributed by atoms with Gasteiger partial charge >= 0.3 is 5.97 Å². The zero-order chi connectivity index (χ0) is 24.5. The summed E-state index contributed by atoms with van der Waals surface area (Å²) in [6, 6.07) is 8.71. The lowest BCUT2D eigenvalue weighted by atomic mass is 10.1. The number of nitrogens with one attached hydrogen (secondary N) is 1. The molecule has 0 saturated heterocycles. The minimum Gasteiger partial charge on any atom is -0.493 e. The molecule has 0 fully saturated rings. The molecule has 0 unspecified atom stereocenters. The zero-order valence-corrected chi connectivity index (χ0v) is 21.1. The van der Waals surface area contributed by atoms with E-state index in [0.717, 1.165) is 11.3 Å². The van der Waals surface area contributed by atoms with Gasteiger partial charge in [0.05, 0.1) is 18.8 Å². The fraction of sp³-hybridized carbons (Fsp3) is 0.400. The van der Waals surface area contributed by atoms with E-state index in [4.69, 9.17) is 21.1 Å². The summed E-state index contributed by atoms with van der Waals surface area (Å²) in [5.74, 6) is 0.0251. The van der Waals surface area contributed by atoms with Crippen molar-refractivity contribution >= 4 is 45.9 Å². The number of thiophene rings is 1. The number of hydrogen-bond acceptors (Lipinski definition) is 6. The number of esters is 1. The van der Waals surface area contributed by atoms with Crippen LogP contribution in [0.25, 0.3) is 6.08 Å².